The van der Waals surface area contributed by atoms with Crippen LogP contribution in [-0.2, 0) is 28.5 Å². The van der Waals surface area contributed by atoms with Crippen molar-refractivity contribution in [2.45, 2.75) is 44.5 Å². The molecule has 0 N–H and O–H groups in total. The molecule has 9 nitrogen and oxygen atoms in total. The van der Waals surface area contributed by atoms with Crippen LogP contribution < -0.4 is 0 Å². The minimum absolute atomic E-state index is 0.178. The molecule has 9 heteroatoms. The van der Waals surface area contributed by atoms with Crippen molar-refractivity contribution < 1.29 is 28.5 Å². The summed E-state index contributed by atoms with van der Waals surface area (Å²) in [6.07, 6.45) is -3.10. The van der Waals surface area contributed by atoms with Gasteiger partial charge in [0, 0.05) is 18.8 Å². The minimum Gasteiger partial charge on any atom is -0.458 e. The highest BCUT2D eigenvalue weighted by Crippen LogP contribution is 2.33. The predicted molar refractivity (Wildman–Crippen MR) is 58.7 cm³/mol. The molecule has 104 valence electrons. The number of ether oxygens (including phenoxy) is 4. The molecule has 2 saturated heterocycles. The first-order valence-corrected chi connectivity index (χ1v) is 5.68. The molecule has 0 spiro atoms. The number of hydrogen-bond donors (Lipinski definition) is 0. The fraction of sp³-hybridized carbons (Fsp3) is 0.800. The van der Waals surface area contributed by atoms with Gasteiger partial charge in [0.15, 0.2) is 18.5 Å². The Morgan fingerprint density at radius 1 is 1.26 bits per heavy atom. The van der Waals surface area contributed by atoms with Gasteiger partial charge in [-0.2, -0.15) is 0 Å². The van der Waals surface area contributed by atoms with Crippen LogP contribution in [0.15, 0.2) is 5.11 Å². The van der Waals surface area contributed by atoms with E-state index in [1.54, 1.807) is 0 Å². The molecule has 2 aliphatic heterocycles. The molecule has 2 aliphatic rings. The smallest absolute Gasteiger partial charge is 0.303 e. The third kappa shape index (κ3) is 2.78. The van der Waals surface area contributed by atoms with Gasteiger partial charge in [0.05, 0.1) is 6.61 Å². The molecule has 0 aromatic heterocycles. The summed E-state index contributed by atoms with van der Waals surface area (Å²) in [6, 6.07) is -0.892. The molecule has 0 aromatic carbocycles. The molecular weight excluding hydrogens is 259 g/mol. The van der Waals surface area contributed by atoms with E-state index in [-0.39, 0.29) is 6.61 Å². The summed E-state index contributed by atoms with van der Waals surface area (Å²) in [4.78, 5) is 24.9. The quantitative estimate of drug-likeness (QED) is 0.239. The Kier molecular flexibility index (Phi) is 3.89. The molecule has 5 atom stereocenters. The molecular formula is C10H13N3O6. The van der Waals surface area contributed by atoms with Crippen molar-refractivity contribution in [2.24, 2.45) is 5.11 Å². The predicted octanol–water partition coefficient (Wildman–Crippen LogP) is 0.284. The van der Waals surface area contributed by atoms with Crippen molar-refractivity contribution in [3.05, 3.63) is 10.4 Å². The molecule has 0 aliphatic carbocycles. The van der Waals surface area contributed by atoms with E-state index in [0.717, 1.165) is 0 Å². The highest BCUT2D eigenvalue weighted by molar-refractivity contribution is 5.67. The van der Waals surface area contributed by atoms with Gasteiger partial charge in [-0.1, -0.05) is 5.11 Å². The normalized spacial score (nSPS) is 36.2. The summed E-state index contributed by atoms with van der Waals surface area (Å²) in [5.41, 5.74) is 8.56. The number of rotatable bonds is 3. The SMILES string of the molecule is CC(=O)O[C@H]1[C@H](OC(C)=O)[C@H]2CO[13C@H](O2)[C@@H]1N=[N+]=[N-]. The Labute approximate surface area is 108 Å². The van der Waals surface area contributed by atoms with Crippen LogP contribution in [0, 0.1) is 0 Å². The summed E-state index contributed by atoms with van der Waals surface area (Å²) < 4.78 is 20.9. The maximum absolute atomic E-state index is 11.1. The van der Waals surface area contributed by atoms with Gasteiger partial charge in [-0.25, -0.2) is 0 Å². The van der Waals surface area contributed by atoms with Gasteiger partial charge in [0.25, 0.3) is 0 Å². The first-order valence-electron chi connectivity index (χ1n) is 5.68. The standard InChI is InChI=1S/C10H13N3O6/c1-4(14)17-8-6-3-16-10(19-6)7(12-13-11)9(8)18-5(2)15/h6-10H,3H2,1-2H3/t6-,7-,8-,9-,10-/m1/s1/i10+1. The number of carbonyl (C=O) groups excluding carboxylic acids is 2. The summed E-state index contributed by atoms with van der Waals surface area (Å²) >= 11 is 0. The van der Waals surface area contributed by atoms with Gasteiger partial charge in [0.1, 0.15) is 12.1 Å². The molecule has 0 radical (unpaired) electrons. The van der Waals surface area contributed by atoms with E-state index < -0.39 is 42.6 Å². The van der Waals surface area contributed by atoms with E-state index in [1.807, 2.05) is 0 Å². The second-order valence-corrected chi connectivity index (χ2v) is 4.22. The Morgan fingerprint density at radius 2 is 1.89 bits per heavy atom. The summed E-state index contributed by atoms with van der Waals surface area (Å²) in [5, 5.41) is 3.52. The second-order valence-electron chi connectivity index (χ2n) is 4.22. The van der Waals surface area contributed by atoms with E-state index in [4.69, 9.17) is 24.5 Å². The molecule has 0 amide bonds. The van der Waals surface area contributed by atoms with Crippen LogP contribution in [0.25, 0.3) is 10.4 Å². The highest BCUT2D eigenvalue weighted by atomic mass is 16.8. The minimum atomic E-state index is -0.913. The number of hydrogen-bond acceptors (Lipinski definition) is 7. The van der Waals surface area contributed by atoms with Crippen LogP contribution in [-0.4, -0.2) is 49.2 Å². The van der Waals surface area contributed by atoms with Crippen molar-refractivity contribution in [1.29, 1.82) is 0 Å². The zero-order valence-corrected chi connectivity index (χ0v) is 10.4. The van der Waals surface area contributed by atoms with Crippen LogP contribution >= 0.6 is 0 Å². The Bertz CT molecular complexity index is 435. The molecule has 0 aromatic rings. The molecule has 2 rings (SSSR count). The average molecular weight is 272 g/mol. The fourth-order valence-electron chi connectivity index (χ4n) is 2.20. The van der Waals surface area contributed by atoms with E-state index >= 15 is 0 Å². The van der Waals surface area contributed by atoms with Gasteiger partial charge >= 0.3 is 11.9 Å². The second kappa shape index (κ2) is 5.43. The van der Waals surface area contributed by atoms with E-state index in [1.165, 1.54) is 13.8 Å². The maximum Gasteiger partial charge on any atom is 0.303 e. The van der Waals surface area contributed by atoms with Crippen molar-refractivity contribution in [2.75, 3.05) is 6.61 Å². The van der Waals surface area contributed by atoms with Crippen molar-refractivity contribution >= 4 is 11.9 Å². The van der Waals surface area contributed by atoms with Gasteiger partial charge in [-0.15, -0.1) is 0 Å². The van der Waals surface area contributed by atoms with Crippen LogP contribution in [0.2, 0.25) is 0 Å². The van der Waals surface area contributed by atoms with Gasteiger partial charge in [-0.3, -0.25) is 9.59 Å². The topological polar surface area (TPSA) is 120 Å². The molecule has 2 heterocycles. The van der Waals surface area contributed by atoms with E-state index in [0.29, 0.717) is 0 Å². The third-order valence-electron chi connectivity index (χ3n) is 2.83. The summed E-state index contributed by atoms with van der Waals surface area (Å²) in [5.74, 6) is -1.11. The van der Waals surface area contributed by atoms with E-state index in [2.05, 4.69) is 10.0 Å². The van der Waals surface area contributed by atoms with Crippen molar-refractivity contribution in [1.82, 2.24) is 0 Å². The fourth-order valence-corrected chi connectivity index (χ4v) is 2.20. The molecule has 2 fully saturated rings. The first-order chi connectivity index (χ1) is 9.02. The molecule has 19 heavy (non-hydrogen) atoms. The average Bonchev–Trinajstić information content (AvgIpc) is 2.74. The largest absolute Gasteiger partial charge is 0.458 e. The zero-order valence-electron chi connectivity index (χ0n) is 10.4. The van der Waals surface area contributed by atoms with Crippen LogP contribution in [0.1, 0.15) is 13.8 Å². The number of carbonyl (C=O) groups is 2. The Balaban J connectivity index is 2.28. The van der Waals surface area contributed by atoms with Crippen LogP contribution in [0.4, 0.5) is 0 Å². The summed E-state index contributed by atoms with van der Waals surface area (Å²) in [7, 11) is 0. The number of nitrogens with zero attached hydrogens (tertiary/aromatic N) is 3. The lowest BCUT2D eigenvalue weighted by molar-refractivity contribution is -0.209. The number of fused-ring (bicyclic) bond motifs is 2. The van der Waals surface area contributed by atoms with Gasteiger partial charge < -0.3 is 18.9 Å². The van der Waals surface area contributed by atoms with Crippen molar-refractivity contribution in [3.63, 3.8) is 0 Å². The van der Waals surface area contributed by atoms with Crippen molar-refractivity contribution in [3.8, 4) is 0 Å². The highest BCUT2D eigenvalue weighted by Gasteiger charge is 2.53. The lowest BCUT2D eigenvalue weighted by atomic mass is 10.0. The van der Waals surface area contributed by atoms with Gasteiger partial charge in [-0.05, 0) is 5.53 Å². The van der Waals surface area contributed by atoms with E-state index in [9.17, 15) is 9.59 Å². The first kappa shape index (κ1) is 13.6. The van der Waals surface area contributed by atoms with Crippen LogP contribution in [0.5, 0.6) is 0 Å². The third-order valence-corrected chi connectivity index (χ3v) is 2.83. The number of azide groups is 1. The Morgan fingerprint density at radius 3 is 2.47 bits per heavy atom. The molecule has 0 unspecified atom stereocenters. The summed E-state index contributed by atoms with van der Waals surface area (Å²) in [6.45, 7) is 2.63. The van der Waals surface area contributed by atoms with Crippen LogP contribution in [0.3, 0.4) is 0 Å². The maximum atomic E-state index is 11.1. The lowest BCUT2D eigenvalue weighted by Crippen LogP contribution is -2.56. The monoisotopic (exact) mass is 272 g/mol. The molecule has 0 saturated carbocycles. The zero-order chi connectivity index (χ0) is 14.0. The lowest BCUT2D eigenvalue weighted by Gasteiger charge is -2.37. The Hall–Kier alpha value is -1.83. The van der Waals surface area contributed by atoms with Gasteiger partial charge in [0.2, 0.25) is 0 Å². The molecule has 2 bridgehead atoms. The number of esters is 2.